The van der Waals surface area contributed by atoms with Crippen molar-refractivity contribution in [2.45, 2.75) is 47.5 Å². The number of H-pyrrole nitrogens is 1. The Morgan fingerprint density at radius 2 is 1.79 bits per heavy atom. The largest absolute Gasteiger partial charge is 0.466 e. The van der Waals surface area contributed by atoms with Gasteiger partial charge < -0.3 is 24.7 Å². The fraction of sp³-hybridized carbons (Fsp3) is 0.440. The quantitative estimate of drug-likeness (QED) is 0.402. The highest BCUT2D eigenvalue weighted by atomic mass is 16.6. The Morgan fingerprint density at radius 3 is 2.47 bits per heavy atom. The normalized spacial score (nSPS) is 10.9. The number of amides is 1. The molecule has 3 aromatic rings. The monoisotopic (exact) mass is 467 g/mol. The van der Waals surface area contributed by atoms with Crippen LogP contribution in [-0.2, 0) is 9.53 Å². The van der Waals surface area contributed by atoms with Crippen molar-refractivity contribution in [1.29, 1.82) is 0 Å². The zero-order valence-electron chi connectivity index (χ0n) is 20.5. The van der Waals surface area contributed by atoms with E-state index in [1.807, 2.05) is 36.9 Å². The summed E-state index contributed by atoms with van der Waals surface area (Å²) < 4.78 is 10.5. The van der Waals surface area contributed by atoms with E-state index in [4.69, 9.17) is 9.47 Å². The predicted octanol–water partition coefficient (Wildman–Crippen LogP) is 4.40. The van der Waals surface area contributed by atoms with Crippen LogP contribution in [0.5, 0.6) is 5.88 Å². The summed E-state index contributed by atoms with van der Waals surface area (Å²) in [4.78, 5) is 39.2. The topological polar surface area (TPSA) is 109 Å². The Kier molecular flexibility index (Phi) is 8.45. The van der Waals surface area contributed by atoms with Crippen molar-refractivity contribution in [3.05, 3.63) is 41.2 Å². The first-order valence-electron chi connectivity index (χ1n) is 11.7. The van der Waals surface area contributed by atoms with Gasteiger partial charge in [0, 0.05) is 41.4 Å². The molecule has 0 unspecified atom stereocenters. The summed E-state index contributed by atoms with van der Waals surface area (Å²) in [6.45, 7) is 11.4. The molecule has 0 radical (unpaired) electrons. The van der Waals surface area contributed by atoms with Gasteiger partial charge in [0.25, 0.3) is 5.91 Å². The number of hydrogen-bond acceptors (Lipinski definition) is 7. The molecule has 0 aliphatic rings. The Hall–Kier alpha value is -3.62. The van der Waals surface area contributed by atoms with Gasteiger partial charge in [-0.1, -0.05) is 13.8 Å². The van der Waals surface area contributed by atoms with Gasteiger partial charge in [-0.25, -0.2) is 9.78 Å². The van der Waals surface area contributed by atoms with Gasteiger partial charge in [-0.15, -0.1) is 0 Å². The summed E-state index contributed by atoms with van der Waals surface area (Å²) in [7, 11) is 0. The third-order valence-electron chi connectivity index (χ3n) is 5.40. The Labute approximate surface area is 199 Å². The van der Waals surface area contributed by atoms with Crippen LogP contribution < -0.4 is 15.0 Å². The van der Waals surface area contributed by atoms with Gasteiger partial charge in [-0.3, -0.25) is 4.79 Å². The van der Waals surface area contributed by atoms with Gasteiger partial charge in [0.1, 0.15) is 5.69 Å². The number of aromatic nitrogens is 3. The zero-order chi connectivity index (χ0) is 24.7. The average Bonchev–Trinajstić information content (AvgIpc) is 3.10. The van der Waals surface area contributed by atoms with Crippen LogP contribution in [0.4, 0.5) is 11.6 Å². The number of aryl methyl sites for hydroxylation is 2. The fourth-order valence-corrected chi connectivity index (χ4v) is 3.67. The number of carbonyl (C=O) groups is 2. The van der Waals surface area contributed by atoms with Crippen molar-refractivity contribution >= 4 is 34.4 Å². The molecule has 0 aliphatic carbocycles. The Morgan fingerprint density at radius 1 is 1.06 bits per heavy atom. The zero-order valence-corrected chi connectivity index (χ0v) is 20.5. The second-order valence-electron chi connectivity index (χ2n) is 8.06. The van der Waals surface area contributed by atoms with E-state index in [-0.39, 0.29) is 30.7 Å². The number of fused-ring (bicyclic) bond motifs is 1. The van der Waals surface area contributed by atoms with Gasteiger partial charge in [0.15, 0.2) is 6.61 Å². The first kappa shape index (κ1) is 25.0. The van der Waals surface area contributed by atoms with Crippen LogP contribution in [-0.4, -0.2) is 53.1 Å². The summed E-state index contributed by atoms with van der Waals surface area (Å²) in [5.41, 5.74) is 4.06. The molecule has 1 aromatic carbocycles. The Balaban J connectivity index is 1.90. The lowest BCUT2D eigenvalue weighted by Crippen LogP contribution is -2.28. The molecule has 9 heteroatoms. The molecule has 182 valence electrons. The lowest BCUT2D eigenvalue weighted by atomic mass is 10.1. The highest BCUT2D eigenvalue weighted by Crippen LogP contribution is 2.25. The minimum Gasteiger partial charge on any atom is -0.466 e. The number of nitrogens with one attached hydrogen (secondary N) is 2. The van der Waals surface area contributed by atoms with Gasteiger partial charge in [0.05, 0.1) is 6.61 Å². The first-order chi connectivity index (χ1) is 16.4. The van der Waals surface area contributed by atoms with E-state index < -0.39 is 5.97 Å². The highest BCUT2D eigenvalue weighted by molar-refractivity contribution is 6.04. The molecule has 9 nitrogen and oxygen atoms in total. The number of ether oxygens (including phenoxy) is 2. The fourth-order valence-electron chi connectivity index (χ4n) is 3.67. The second kappa shape index (κ2) is 11.5. The minimum absolute atomic E-state index is 0.146. The number of hydrogen-bond donors (Lipinski definition) is 2. The van der Waals surface area contributed by atoms with Crippen LogP contribution in [0.3, 0.4) is 0 Å². The van der Waals surface area contributed by atoms with Gasteiger partial charge >= 0.3 is 5.97 Å². The van der Waals surface area contributed by atoms with Crippen molar-refractivity contribution in [3.63, 3.8) is 0 Å². The summed E-state index contributed by atoms with van der Waals surface area (Å²) in [5, 5.41) is 3.97. The first-order valence-corrected chi connectivity index (χ1v) is 11.7. The van der Waals surface area contributed by atoms with E-state index in [1.165, 1.54) is 6.07 Å². The van der Waals surface area contributed by atoms with Crippen LogP contribution in [0.25, 0.3) is 10.9 Å². The van der Waals surface area contributed by atoms with E-state index in [9.17, 15) is 9.59 Å². The van der Waals surface area contributed by atoms with E-state index in [0.29, 0.717) is 11.6 Å². The molecule has 34 heavy (non-hydrogen) atoms. The SMILES string of the molecule is CCCN(CCC)c1nc(OCC(=O)OCC)cc(C(=O)Nc2ccc3[nH]c(C)c(C)c3c2)n1. The molecule has 0 saturated heterocycles. The van der Waals surface area contributed by atoms with Crippen molar-refractivity contribution in [1.82, 2.24) is 15.0 Å². The predicted molar refractivity (Wildman–Crippen MR) is 133 cm³/mol. The third-order valence-corrected chi connectivity index (χ3v) is 5.40. The lowest BCUT2D eigenvalue weighted by molar-refractivity contribution is -0.145. The van der Waals surface area contributed by atoms with Crippen LogP contribution in [0, 0.1) is 13.8 Å². The van der Waals surface area contributed by atoms with Gasteiger partial charge in [-0.05, 0) is 57.4 Å². The standard InChI is InChI=1S/C25H33N5O4/c1-6-11-30(12-7-2)25-28-21(14-22(29-25)34-15-23(31)33-8-3)24(32)27-18-9-10-20-19(13-18)16(4)17(5)26-20/h9-10,13-14,26H,6-8,11-12,15H2,1-5H3,(H,27,32). The van der Waals surface area contributed by atoms with E-state index in [2.05, 4.69) is 34.1 Å². The molecule has 3 rings (SSSR count). The van der Waals surface area contributed by atoms with Crippen LogP contribution in [0.15, 0.2) is 24.3 Å². The van der Waals surface area contributed by atoms with Crippen molar-refractivity contribution < 1.29 is 19.1 Å². The number of carbonyl (C=O) groups excluding carboxylic acids is 2. The third kappa shape index (κ3) is 6.03. The van der Waals surface area contributed by atoms with Crippen molar-refractivity contribution in [2.75, 3.05) is 36.5 Å². The highest BCUT2D eigenvalue weighted by Gasteiger charge is 2.18. The molecule has 0 aliphatic heterocycles. The number of rotatable bonds is 11. The average molecular weight is 468 g/mol. The van der Waals surface area contributed by atoms with Gasteiger partial charge in [-0.2, -0.15) is 4.98 Å². The molecule has 1 amide bonds. The molecular formula is C25H33N5O4. The minimum atomic E-state index is -0.502. The molecule has 0 fully saturated rings. The number of esters is 1. The summed E-state index contributed by atoms with van der Waals surface area (Å²) >= 11 is 0. The molecule has 0 bridgehead atoms. The van der Waals surface area contributed by atoms with E-state index >= 15 is 0 Å². The molecule has 0 atom stereocenters. The number of anilines is 2. The van der Waals surface area contributed by atoms with Gasteiger partial charge in [0.2, 0.25) is 11.8 Å². The molecule has 2 aromatic heterocycles. The molecule has 0 spiro atoms. The van der Waals surface area contributed by atoms with Crippen molar-refractivity contribution in [3.8, 4) is 5.88 Å². The number of nitrogens with zero attached hydrogens (tertiary/aromatic N) is 3. The van der Waals surface area contributed by atoms with Crippen LogP contribution in [0.1, 0.15) is 55.4 Å². The molecular weight excluding hydrogens is 434 g/mol. The van der Waals surface area contributed by atoms with E-state index in [1.54, 1.807) is 6.92 Å². The number of benzene rings is 1. The van der Waals surface area contributed by atoms with Crippen molar-refractivity contribution in [2.24, 2.45) is 0 Å². The number of aromatic amines is 1. The maximum absolute atomic E-state index is 13.1. The van der Waals surface area contributed by atoms with Crippen LogP contribution >= 0.6 is 0 Å². The Bertz CT molecular complexity index is 1150. The van der Waals surface area contributed by atoms with Crippen LogP contribution in [0.2, 0.25) is 0 Å². The second-order valence-corrected chi connectivity index (χ2v) is 8.06. The maximum atomic E-state index is 13.1. The smallest absolute Gasteiger partial charge is 0.344 e. The van der Waals surface area contributed by atoms with E-state index in [0.717, 1.165) is 48.1 Å². The maximum Gasteiger partial charge on any atom is 0.344 e. The molecule has 0 saturated carbocycles. The molecule has 2 heterocycles. The summed E-state index contributed by atoms with van der Waals surface area (Å²) in [5.74, 6) is -0.351. The molecule has 2 N–H and O–H groups in total. The lowest BCUT2D eigenvalue weighted by Gasteiger charge is -2.22. The summed E-state index contributed by atoms with van der Waals surface area (Å²) in [6, 6.07) is 7.16. The summed E-state index contributed by atoms with van der Waals surface area (Å²) in [6.07, 6.45) is 1.79.